The summed E-state index contributed by atoms with van der Waals surface area (Å²) in [5.74, 6) is 0.462. The van der Waals surface area contributed by atoms with E-state index in [-0.39, 0.29) is 5.91 Å². The van der Waals surface area contributed by atoms with E-state index in [1.54, 1.807) is 19.2 Å². The third kappa shape index (κ3) is 3.37. The predicted octanol–water partition coefficient (Wildman–Crippen LogP) is 5.22. The first-order valence-electron chi connectivity index (χ1n) is 7.20. The zero-order chi connectivity index (χ0) is 17.3. The van der Waals surface area contributed by atoms with Crippen molar-refractivity contribution in [2.24, 2.45) is 0 Å². The number of hydrogen-bond acceptors (Lipinski definition) is 3. The summed E-state index contributed by atoms with van der Waals surface area (Å²) < 4.78 is 6.07. The number of amides is 1. The minimum absolute atomic E-state index is 0.256. The average molecular weight is 406 g/mol. The zero-order valence-electron chi connectivity index (χ0n) is 13.1. The molecule has 1 aromatic heterocycles. The second-order valence-corrected chi connectivity index (χ2v) is 6.58. The number of pyridine rings is 1. The van der Waals surface area contributed by atoms with E-state index in [1.807, 2.05) is 37.3 Å². The SMILES string of the molecule is COc1ccc2nc(C)c(C(=O)Nc3ccc(Br)cc3Cl)cc2c1. The lowest BCUT2D eigenvalue weighted by atomic mass is 10.1. The van der Waals surface area contributed by atoms with Crippen LogP contribution in [-0.2, 0) is 0 Å². The van der Waals surface area contributed by atoms with Crippen LogP contribution in [0.5, 0.6) is 5.75 Å². The van der Waals surface area contributed by atoms with Crippen LogP contribution in [0.15, 0.2) is 46.9 Å². The first-order valence-corrected chi connectivity index (χ1v) is 8.37. The molecule has 0 aliphatic carbocycles. The standard InChI is InChI=1S/C18H14BrClN2O2/c1-10-14(8-11-7-13(24-2)4-6-16(11)21-10)18(23)22-17-5-3-12(19)9-15(17)20/h3-9H,1-2H3,(H,22,23). The molecule has 1 amide bonds. The summed E-state index contributed by atoms with van der Waals surface area (Å²) in [5, 5.41) is 4.13. The van der Waals surface area contributed by atoms with Crippen molar-refractivity contribution in [2.75, 3.05) is 12.4 Å². The van der Waals surface area contributed by atoms with E-state index in [1.165, 1.54) is 0 Å². The number of nitrogens with zero attached hydrogens (tertiary/aromatic N) is 1. The number of aromatic nitrogens is 1. The molecule has 3 aromatic rings. The van der Waals surface area contributed by atoms with Crippen molar-refractivity contribution in [3.8, 4) is 5.75 Å². The maximum atomic E-state index is 12.6. The molecule has 0 atom stereocenters. The fraction of sp³-hybridized carbons (Fsp3) is 0.111. The average Bonchev–Trinajstić information content (AvgIpc) is 2.56. The number of carbonyl (C=O) groups excluding carboxylic acids is 1. The van der Waals surface area contributed by atoms with Crippen molar-refractivity contribution in [2.45, 2.75) is 6.92 Å². The second kappa shape index (κ2) is 6.79. The maximum absolute atomic E-state index is 12.6. The van der Waals surface area contributed by atoms with Gasteiger partial charge in [-0.1, -0.05) is 27.5 Å². The number of ether oxygens (including phenoxy) is 1. The van der Waals surface area contributed by atoms with Crippen LogP contribution < -0.4 is 10.1 Å². The number of aryl methyl sites for hydroxylation is 1. The van der Waals surface area contributed by atoms with Crippen LogP contribution in [0.3, 0.4) is 0 Å². The monoisotopic (exact) mass is 404 g/mol. The summed E-state index contributed by atoms with van der Waals surface area (Å²) in [5.41, 5.74) is 2.51. The summed E-state index contributed by atoms with van der Waals surface area (Å²) in [4.78, 5) is 17.1. The summed E-state index contributed by atoms with van der Waals surface area (Å²) >= 11 is 9.50. The van der Waals surface area contributed by atoms with Gasteiger partial charge in [-0.2, -0.15) is 0 Å². The Morgan fingerprint density at radius 1 is 1.21 bits per heavy atom. The van der Waals surface area contributed by atoms with Crippen LogP contribution in [0, 0.1) is 6.92 Å². The van der Waals surface area contributed by atoms with Crippen molar-refractivity contribution in [3.63, 3.8) is 0 Å². The minimum Gasteiger partial charge on any atom is -0.497 e. The second-order valence-electron chi connectivity index (χ2n) is 5.26. The van der Waals surface area contributed by atoms with Gasteiger partial charge in [0.1, 0.15) is 5.75 Å². The van der Waals surface area contributed by atoms with Crippen LogP contribution in [0.2, 0.25) is 5.02 Å². The number of carbonyl (C=O) groups is 1. The molecule has 1 heterocycles. The number of fused-ring (bicyclic) bond motifs is 1. The smallest absolute Gasteiger partial charge is 0.257 e. The fourth-order valence-electron chi connectivity index (χ4n) is 2.39. The molecule has 0 spiro atoms. The molecule has 6 heteroatoms. The summed E-state index contributed by atoms with van der Waals surface area (Å²) in [6, 6.07) is 12.7. The molecule has 0 unspecified atom stereocenters. The van der Waals surface area contributed by atoms with E-state index >= 15 is 0 Å². The maximum Gasteiger partial charge on any atom is 0.257 e. The van der Waals surface area contributed by atoms with Gasteiger partial charge in [0.25, 0.3) is 5.91 Å². The van der Waals surface area contributed by atoms with Crippen LogP contribution in [0.1, 0.15) is 16.1 Å². The van der Waals surface area contributed by atoms with Gasteiger partial charge in [0.05, 0.1) is 34.6 Å². The van der Waals surface area contributed by atoms with Gasteiger partial charge in [0, 0.05) is 9.86 Å². The van der Waals surface area contributed by atoms with Gasteiger partial charge < -0.3 is 10.1 Å². The Balaban J connectivity index is 1.98. The summed E-state index contributed by atoms with van der Waals surface area (Å²) in [6.07, 6.45) is 0. The molecule has 2 aromatic carbocycles. The number of hydrogen-bond donors (Lipinski definition) is 1. The third-order valence-electron chi connectivity index (χ3n) is 3.64. The van der Waals surface area contributed by atoms with E-state index in [4.69, 9.17) is 16.3 Å². The van der Waals surface area contributed by atoms with Crippen molar-refractivity contribution in [1.29, 1.82) is 0 Å². The molecular weight excluding hydrogens is 392 g/mol. The minimum atomic E-state index is -0.256. The molecule has 0 bridgehead atoms. The summed E-state index contributed by atoms with van der Waals surface area (Å²) in [7, 11) is 1.60. The summed E-state index contributed by atoms with van der Waals surface area (Å²) in [6.45, 7) is 1.81. The van der Waals surface area contributed by atoms with E-state index < -0.39 is 0 Å². The van der Waals surface area contributed by atoms with Gasteiger partial charge in [0.15, 0.2) is 0 Å². The number of nitrogens with one attached hydrogen (secondary N) is 1. The van der Waals surface area contributed by atoms with Gasteiger partial charge in [-0.05, 0) is 49.4 Å². The van der Waals surface area contributed by atoms with Crippen LogP contribution in [0.4, 0.5) is 5.69 Å². The largest absolute Gasteiger partial charge is 0.497 e. The van der Waals surface area contributed by atoms with Crippen molar-refractivity contribution in [1.82, 2.24) is 4.98 Å². The Morgan fingerprint density at radius 2 is 2.00 bits per heavy atom. The van der Waals surface area contributed by atoms with E-state index in [0.717, 1.165) is 21.1 Å². The molecule has 24 heavy (non-hydrogen) atoms. The Bertz CT molecular complexity index is 944. The molecule has 0 aliphatic rings. The van der Waals surface area contributed by atoms with Gasteiger partial charge in [-0.15, -0.1) is 0 Å². The quantitative estimate of drug-likeness (QED) is 0.650. The number of methoxy groups -OCH3 is 1. The van der Waals surface area contributed by atoms with Crippen LogP contribution in [0.25, 0.3) is 10.9 Å². The Labute approximate surface area is 152 Å². The molecule has 0 saturated heterocycles. The molecule has 0 fully saturated rings. The Morgan fingerprint density at radius 3 is 2.71 bits per heavy atom. The molecule has 3 rings (SSSR count). The van der Waals surface area contributed by atoms with Gasteiger partial charge in [-0.25, -0.2) is 0 Å². The van der Waals surface area contributed by atoms with Crippen LogP contribution >= 0.6 is 27.5 Å². The van der Waals surface area contributed by atoms with Gasteiger partial charge in [0.2, 0.25) is 0 Å². The van der Waals surface area contributed by atoms with E-state index in [0.29, 0.717) is 22.0 Å². The highest BCUT2D eigenvalue weighted by atomic mass is 79.9. The molecule has 0 radical (unpaired) electrons. The Hall–Kier alpha value is -2.11. The highest BCUT2D eigenvalue weighted by Gasteiger charge is 2.14. The number of benzene rings is 2. The molecule has 0 saturated carbocycles. The van der Waals surface area contributed by atoms with E-state index in [9.17, 15) is 4.79 Å². The highest BCUT2D eigenvalue weighted by molar-refractivity contribution is 9.10. The number of halogens is 2. The molecule has 4 nitrogen and oxygen atoms in total. The molecule has 1 N–H and O–H groups in total. The van der Waals surface area contributed by atoms with Gasteiger partial charge >= 0.3 is 0 Å². The highest BCUT2D eigenvalue weighted by Crippen LogP contribution is 2.27. The lowest BCUT2D eigenvalue weighted by molar-refractivity contribution is 0.102. The van der Waals surface area contributed by atoms with Gasteiger partial charge in [-0.3, -0.25) is 9.78 Å². The van der Waals surface area contributed by atoms with E-state index in [2.05, 4.69) is 26.2 Å². The third-order valence-corrected chi connectivity index (χ3v) is 4.44. The zero-order valence-corrected chi connectivity index (χ0v) is 15.4. The normalized spacial score (nSPS) is 10.7. The topological polar surface area (TPSA) is 51.2 Å². The lowest BCUT2D eigenvalue weighted by Crippen LogP contribution is -2.14. The number of anilines is 1. The predicted molar refractivity (Wildman–Crippen MR) is 100 cm³/mol. The van der Waals surface area contributed by atoms with Crippen molar-refractivity contribution < 1.29 is 9.53 Å². The lowest BCUT2D eigenvalue weighted by Gasteiger charge is -2.11. The Kier molecular flexibility index (Phi) is 4.73. The van der Waals surface area contributed by atoms with Crippen molar-refractivity contribution in [3.05, 3.63) is 63.2 Å². The molecule has 122 valence electrons. The van der Waals surface area contributed by atoms with Crippen LogP contribution in [-0.4, -0.2) is 18.0 Å². The fourth-order valence-corrected chi connectivity index (χ4v) is 3.11. The molecule has 0 aliphatic heterocycles. The van der Waals surface area contributed by atoms with Crippen molar-refractivity contribution >= 4 is 50.0 Å². The number of rotatable bonds is 3. The molecular formula is C18H14BrClN2O2. The first-order chi connectivity index (χ1) is 11.5. The first kappa shape index (κ1) is 16.7.